The van der Waals surface area contributed by atoms with Crippen LogP contribution in [0, 0.1) is 17.8 Å². The molecule has 19 heavy (non-hydrogen) atoms. The van der Waals surface area contributed by atoms with Crippen molar-refractivity contribution in [3.05, 3.63) is 0 Å². The van der Waals surface area contributed by atoms with Crippen molar-refractivity contribution in [3.8, 4) is 0 Å². The van der Waals surface area contributed by atoms with Crippen LogP contribution in [0.25, 0.3) is 0 Å². The van der Waals surface area contributed by atoms with E-state index >= 15 is 0 Å². The molecule has 0 radical (unpaired) electrons. The topological polar surface area (TPSA) is 60.9 Å². The van der Waals surface area contributed by atoms with E-state index in [9.17, 15) is 9.59 Å². The average molecular weight is 266 g/mol. The molecule has 1 N–H and O–H groups in total. The van der Waals surface area contributed by atoms with Crippen molar-refractivity contribution in [1.82, 2.24) is 9.80 Å². The molecule has 0 aromatic heterocycles. The minimum atomic E-state index is -0.755. The zero-order valence-electron chi connectivity index (χ0n) is 11.3. The van der Waals surface area contributed by atoms with Crippen molar-refractivity contribution in [1.29, 1.82) is 0 Å². The fourth-order valence-corrected chi connectivity index (χ4v) is 4.01. The molecule has 1 aliphatic carbocycles. The summed E-state index contributed by atoms with van der Waals surface area (Å²) in [4.78, 5) is 27.0. The second kappa shape index (κ2) is 5.02. The number of carboxylic acid groups (broad SMARTS) is 1. The molecule has 0 bridgehead atoms. The van der Waals surface area contributed by atoms with E-state index in [1.165, 1.54) is 19.3 Å². The predicted octanol–water partition coefficient (Wildman–Crippen LogP) is 1.63. The Morgan fingerprint density at radius 3 is 2.32 bits per heavy atom. The third-order valence-electron chi connectivity index (χ3n) is 5.02. The number of rotatable bonds is 2. The molecule has 106 valence electrons. The maximum atomic E-state index is 12.4. The lowest BCUT2D eigenvalue weighted by Crippen LogP contribution is -2.41. The van der Waals surface area contributed by atoms with Crippen LogP contribution in [0.4, 0.5) is 4.79 Å². The van der Waals surface area contributed by atoms with Crippen LogP contribution in [-0.2, 0) is 4.79 Å². The third-order valence-corrected chi connectivity index (χ3v) is 5.02. The number of aliphatic carboxylic acids is 1. The van der Waals surface area contributed by atoms with Gasteiger partial charge in [-0.1, -0.05) is 6.42 Å². The Kier molecular flexibility index (Phi) is 3.37. The lowest BCUT2D eigenvalue weighted by atomic mass is 10.0. The normalized spacial score (nSPS) is 33.8. The van der Waals surface area contributed by atoms with Crippen molar-refractivity contribution in [2.24, 2.45) is 17.8 Å². The highest BCUT2D eigenvalue weighted by molar-refractivity contribution is 5.75. The number of hydrogen-bond donors (Lipinski definition) is 1. The summed E-state index contributed by atoms with van der Waals surface area (Å²) in [5, 5.41) is 8.81. The van der Waals surface area contributed by atoms with Gasteiger partial charge in [0.25, 0.3) is 0 Å². The molecule has 0 aromatic carbocycles. The van der Waals surface area contributed by atoms with Crippen LogP contribution in [0.5, 0.6) is 0 Å². The number of carbonyl (C=O) groups is 2. The molecule has 3 atom stereocenters. The molecule has 2 heterocycles. The zero-order chi connectivity index (χ0) is 13.4. The van der Waals surface area contributed by atoms with E-state index in [2.05, 4.69) is 0 Å². The monoisotopic (exact) mass is 266 g/mol. The van der Waals surface area contributed by atoms with E-state index in [4.69, 9.17) is 5.11 Å². The summed E-state index contributed by atoms with van der Waals surface area (Å²) in [6.45, 7) is 3.19. The van der Waals surface area contributed by atoms with Gasteiger partial charge in [-0.2, -0.15) is 0 Å². The Bertz CT molecular complexity index is 373. The molecule has 5 nitrogen and oxygen atoms in total. The molecule has 3 fully saturated rings. The van der Waals surface area contributed by atoms with Gasteiger partial charge in [-0.25, -0.2) is 4.79 Å². The highest BCUT2D eigenvalue weighted by Crippen LogP contribution is 2.38. The van der Waals surface area contributed by atoms with E-state index < -0.39 is 5.97 Å². The average Bonchev–Trinajstić information content (AvgIpc) is 2.99. The van der Waals surface area contributed by atoms with E-state index in [1.807, 2.05) is 9.80 Å². The summed E-state index contributed by atoms with van der Waals surface area (Å²) < 4.78 is 0. The molecular formula is C14H22N2O3. The first-order valence-electron chi connectivity index (χ1n) is 7.39. The highest BCUT2D eigenvalue weighted by atomic mass is 16.4. The van der Waals surface area contributed by atoms with E-state index in [0.29, 0.717) is 6.54 Å². The van der Waals surface area contributed by atoms with E-state index in [1.54, 1.807) is 0 Å². The van der Waals surface area contributed by atoms with Gasteiger partial charge in [-0.15, -0.1) is 0 Å². The summed E-state index contributed by atoms with van der Waals surface area (Å²) in [5.41, 5.74) is 0. The summed E-state index contributed by atoms with van der Waals surface area (Å²) in [7, 11) is 0. The quantitative estimate of drug-likeness (QED) is 0.826. The minimum Gasteiger partial charge on any atom is -0.481 e. The lowest BCUT2D eigenvalue weighted by molar-refractivity contribution is -0.138. The van der Waals surface area contributed by atoms with Crippen molar-refractivity contribution < 1.29 is 14.7 Å². The Balaban J connectivity index is 1.53. The lowest BCUT2D eigenvalue weighted by Gasteiger charge is -2.25. The summed E-state index contributed by atoms with van der Waals surface area (Å²) in [6, 6.07) is 0.141. The van der Waals surface area contributed by atoms with Gasteiger partial charge < -0.3 is 14.9 Å². The van der Waals surface area contributed by atoms with Crippen LogP contribution in [-0.4, -0.2) is 53.1 Å². The molecule has 3 unspecified atom stereocenters. The minimum absolute atomic E-state index is 0.141. The summed E-state index contributed by atoms with van der Waals surface area (Å²) in [6.07, 6.45) is 4.89. The van der Waals surface area contributed by atoms with Crippen LogP contribution in [0.2, 0.25) is 0 Å². The van der Waals surface area contributed by atoms with Crippen LogP contribution >= 0.6 is 0 Å². The highest BCUT2D eigenvalue weighted by Gasteiger charge is 2.40. The van der Waals surface area contributed by atoms with E-state index in [0.717, 1.165) is 37.9 Å². The number of fused-ring (bicyclic) bond motifs is 1. The molecule has 5 heteroatoms. The zero-order valence-corrected chi connectivity index (χ0v) is 11.3. The first-order chi connectivity index (χ1) is 9.13. The third kappa shape index (κ3) is 2.55. The predicted molar refractivity (Wildman–Crippen MR) is 69.7 cm³/mol. The maximum absolute atomic E-state index is 12.4. The first-order valence-corrected chi connectivity index (χ1v) is 7.39. The number of hydrogen-bond acceptors (Lipinski definition) is 2. The Morgan fingerprint density at radius 1 is 1.00 bits per heavy atom. The van der Waals surface area contributed by atoms with Gasteiger partial charge in [-0.3, -0.25) is 4.79 Å². The van der Waals surface area contributed by atoms with Gasteiger partial charge in [0, 0.05) is 32.6 Å². The van der Waals surface area contributed by atoms with Crippen molar-refractivity contribution >= 4 is 12.0 Å². The molecule has 3 aliphatic rings. The van der Waals surface area contributed by atoms with Gasteiger partial charge in [0.2, 0.25) is 0 Å². The van der Waals surface area contributed by atoms with Crippen molar-refractivity contribution in [2.45, 2.75) is 32.1 Å². The second-order valence-electron chi connectivity index (χ2n) is 6.34. The van der Waals surface area contributed by atoms with Crippen molar-refractivity contribution in [2.75, 3.05) is 26.2 Å². The number of urea groups is 1. The summed E-state index contributed by atoms with van der Waals surface area (Å²) in [5.74, 6) is 0.835. The van der Waals surface area contributed by atoms with Gasteiger partial charge >= 0.3 is 12.0 Å². The van der Waals surface area contributed by atoms with Crippen LogP contribution in [0.3, 0.4) is 0 Å². The maximum Gasteiger partial charge on any atom is 0.320 e. The standard InChI is InChI=1S/C14H22N2O3/c17-13(18)6-10-4-5-15(7-10)14(19)16-8-11-2-1-3-12(11)9-16/h10-12H,1-9H2,(H,17,18). The van der Waals surface area contributed by atoms with E-state index in [-0.39, 0.29) is 18.4 Å². The molecule has 0 spiro atoms. The Hall–Kier alpha value is -1.26. The Morgan fingerprint density at radius 2 is 1.68 bits per heavy atom. The van der Waals surface area contributed by atoms with Crippen molar-refractivity contribution in [3.63, 3.8) is 0 Å². The fourth-order valence-electron chi connectivity index (χ4n) is 4.01. The largest absolute Gasteiger partial charge is 0.481 e. The molecule has 1 saturated carbocycles. The smallest absolute Gasteiger partial charge is 0.320 e. The fraction of sp³-hybridized carbons (Fsp3) is 0.857. The molecule has 2 saturated heterocycles. The number of likely N-dealkylation sites (tertiary alicyclic amines) is 2. The second-order valence-corrected chi connectivity index (χ2v) is 6.34. The van der Waals surface area contributed by atoms with Gasteiger partial charge in [0.15, 0.2) is 0 Å². The van der Waals surface area contributed by atoms with Crippen LogP contribution in [0.1, 0.15) is 32.1 Å². The van der Waals surface area contributed by atoms with Gasteiger partial charge in [0.05, 0.1) is 0 Å². The van der Waals surface area contributed by atoms with Gasteiger partial charge in [-0.05, 0) is 37.0 Å². The van der Waals surface area contributed by atoms with Crippen LogP contribution in [0.15, 0.2) is 0 Å². The molecule has 3 rings (SSSR count). The summed E-state index contributed by atoms with van der Waals surface area (Å²) >= 11 is 0. The molecule has 0 aromatic rings. The van der Waals surface area contributed by atoms with Gasteiger partial charge in [0.1, 0.15) is 0 Å². The SMILES string of the molecule is O=C(O)CC1CCN(C(=O)N2CC3CCCC3C2)C1. The number of carboxylic acids is 1. The van der Waals surface area contributed by atoms with Crippen LogP contribution < -0.4 is 0 Å². The number of amides is 2. The molecule has 2 aliphatic heterocycles. The molecular weight excluding hydrogens is 244 g/mol. The first kappa shape index (κ1) is 12.8. The number of nitrogens with zero attached hydrogens (tertiary/aromatic N) is 2. The molecule has 2 amide bonds. The Labute approximate surface area is 113 Å². The number of carbonyl (C=O) groups excluding carboxylic acids is 1.